The molecule has 0 aliphatic heterocycles. The molecule has 0 bridgehead atoms. The van der Waals surface area contributed by atoms with Crippen molar-refractivity contribution < 1.29 is 0 Å². The van der Waals surface area contributed by atoms with Crippen molar-refractivity contribution in [3.63, 3.8) is 0 Å². The van der Waals surface area contributed by atoms with Gasteiger partial charge in [0.25, 0.3) is 0 Å². The van der Waals surface area contributed by atoms with Crippen LogP contribution in [0.4, 0.5) is 0 Å². The Morgan fingerprint density at radius 3 is 2.67 bits per heavy atom. The van der Waals surface area contributed by atoms with E-state index in [-0.39, 0.29) is 0 Å². The molecule has 0 aliphatic carbocycles. The Hall–Kier alpha value is -1.12. The largest absolute Gasteiger partial charge is 0.310 e. The van der Waals surface area contributed by atoms with Gasteiger partial charge in [-0.3, -0.25) is 0 Å². The summed E-state index contributed by atoms with van der Waals surface area (Å²) < 4.78 is 0. The first-order chi connectivity index (χ1) is 8.74. The molecule has 1 atom stereocenters. The Balaban J connectivity index is 2.24. The molecule has 1 nitrogen and oxygen atoms in total. The molecule has 1 aromatic heterocycles. The summed E-state index contributed by atoms with van der Waals surface area (Å²) in [4.78, 5) is 2.81. The van der Waals surface area contributed by atoms with Crippen LogP contribution in [-0.2, 0) is 0 Å². The second kappa shape index (κ2) is 6.17. The van der Waals surface area contributed by atoms with Crippen molar-refractivity contribution in [3.8, 4) is 10.4 Å². The normalized spacial score (nSPS) is 12.6. The fourth-order valence-electron chi connectivity index (χ4n) is 2.19. The number of hydrogen-bond acceptors (Lipinski definition) is 2. The molecule has 0 saturated carbocycles. The van der Waals surface area contributed by atoms with Gasteiger partial charge in [-0.2, -0.15) is 0 Å². The number of benzene rings is 1. The summed E-state index contributed by atoms with van der Waals surface area (Å²) in [5, 5.41) is 3.54. The van der Waals surface area contributed by atoms with E-state index < -0.39 is 0 Å². The third-order valence-corrected chi connectivity index (χ3v) is 4.38. The van der Waals surface area contributed by atoms with Gasteiger partial charge in [-0.15, -0.1) is 11.3 Å². The van der Waals surface area contributed by atoms with Gasteiger partial charge in [0.15, 0.2) is 0 Å². The van der Waals surface area contributed by atoms with E-state index in [1.54, 1.807) is 0 Å². The molecule has 0 radical (unpaired) electrons. The second-order valence-electron chi connectivity index (χ2n) is 4.59. The Labute approximate surface area is 114 Å². The van der Waals surface area contributed by atoms with Gasteiger partial charge in [0, 0.05) is 15.8 Å². The van der Waals surface area contributed by atoms with Gasteiger partial charge in [0.2, 0.25) is 0 Å². The van der Waals surface area contributed by atoms with Crippen LogP contribution in [0.3, 0.4) is 0 Å². The summed E-state index contributed by atoms with van der Waals surface area (Å²) in [6.45, 7) is 7.57. The highest BCUT2D eigenvalue weighted by Crippen LogP contribution is 2.32. The van der Waals surface area contributed by atoms with E-state index in [2.05, 4.69) is 62.5 Å². The Morgan fingerprint density at radius 2 is 2.00 bits per heavy atom. The molecular formula is C16H21NS. The van der Waals surface area contributed by atoms with Crippen molar-refractivity contribution in [1.29, 1.82) is 0 Å². The summed E-state index contributed by atoms with van der Waals surface area (Å²) >= 11 is 1.90. The summed E-state index contributed by atoms with van der Waals surface area (Å²) in [7, 11) is 0. The zero-order chi connectivity index (χ0) is 13.0. The molecule has 1 unspecified atom stereocenters. The standard InChI is InChI=1S/C16H21NS/c1-4-14(17-5-2)16-10-9-15(18-16)13-8-6-7-12(3)11-13/h6-11,14,17H,4-5H2,1-3H3. The quantitative estimate of drug-likeness (QED) is 0.814. The lowest BCUT2D eigenvalue weighted by Gasteiger charge is -2.13. The predicted octanol–water partition coefficient (Wildman–Crippen LogP) is 4.78. The number of rotatable bonds is 5. The highest BCUT2D eigenvalue weighted by atomic mass is 32.1. The van der Waals surface area contributed by atoms with Gasteiger partial charge in [-0.25, -0.2) is 0 Å². The van der Waals surface area contributed by atoms with E-state index in [0.29, 0.717) is 6.04 Å². The molecule has 18 heavy (non-hydrogen) atoms. The van der Waals surface area contributed by atoms with E-state index in [9.17, 15) is 0 Å². The van der Waals surface area contributed by atoms with Crippen LogP contribution in [0, 0.1) is 6.92 Å². The average Bonchev–Trinajstić information content (AvgIpc) is 2.85. The lowest BCUT2D eigenvalue weighted by Crippen LogP contribution is -2.18. The predicted molar refractivity (Wildman–Crippen MR) is 81.2 cm³/mol. The van der Waals surface area contributed by atoms with Crippen LogP contribution in [-0.4, -0.2) is 6.54 Å². The first-order valence-corrected chi connectivity index (χ1v) is 7.46. The SMILES string of the molecule is CCNC(CC)c1ccc(-c2cccc(C)c2)s1. The van der Waals surface area contributed by atoms with Crippen molar-refractivity contribution in [2.75, 3.05) is 6.54 Å². The molecule has 1 aromatic carbocycles. The maximum Gasteiger partial charge on any atom is 0.0412 e. The van der Waals surface area contributed by atoms with E-state index >= 15 is 0 Å². The molecule has 2 heteroatoms. The van der Waals surface area contributed by atoms with Crippen LogP contribution in [0.2, 0.25) is 0 Å². The second-order valence-corrected chi connectivity index (χ2v) is 5.71. The smallest absolute Gasteiger partial charge is 0.0412 e. The Bertz CT molecular complexity index is 501. The average molecular weight is 259 g/mol. The highest BCUT2D eigenvalue weighted by molar-refractivity contribution is 7.15. The minimum absolute atomic E-state index is 0.499. The Morgan fingerprint density at radius 1 is 1.17 bits per heavy atom. The minimum Gasteiger partial charge on any atom is -0.310 e. The molecule has 0 aliphatic rings. The number of aryl methyl sites for hydroxylation is 1. The van der Waals surface area contributed by atoms with Gasteiger partial charge in [0.1, 0.15) is 0 Å². The summed E-state index contributed by atoms with van der Waals surface area (Å²) in [6, 6.07) is 13.7. The fourth-order valence-corrected chi connectivity index (χ4v) is 3.35. The van der Waals surface area contributed by atoms with Gasteiger partial charge >= 0.3 is 0 Å². The van der Waals surface area contributed by atoms with Crippen molar-refractivity contribution >= 4 is 11.3 Å². The molecule has 0 fully saturated rings. The fraction of sp³-hybridized carbons (Fsp3) is 0.375. The molecular weight excluding hydrogens is 238 g/mol. The van der Waals surface area contributed by atoms with E-state index in [0.717, 1.165) is 13.0 Å². The Kier molecular flexibility index (Phi) is 4.56. The highest BCUT2D eigenvalue weighted by Gasteiger charge is 2.11. The molecule has 1 heterocycles. The van der Waals surface area contributed by atoms with Crippen molar-refractivity contribution in [1.82, 2.24) is 5.32 Å². The van der Waals surface area contributed by atoms with Crippen LogP contribution >= 0.6 is 11.3 Å². The van der Waals surface area contributed by atoms with Gasteiger partial charge in [-0.05, 0) is 37.6 Å². The van der Waals surface area contributed by atoms with Gasteiger partial charge in [-0.1, -0.05) is 43.7 Å². The zero-order valence-corrected chi connectivity index (χ0v) is 12.2. The topological polar surface area (TPSA) is 12.0 Å². The van der Waals surface area contributed by atoms with Crippen molar-refractivity contribution in [3.05, 3.63) is 46.8 Å². The molecule has 1 N–H and O–H groups in total. The molecule has 2 aromatic rings. The first-order valence-electron chi connectivity index (χ1n) is 6.64. The van der Waals surface area contributed by atoms with Crippen molar-refractivity contribution in [2.45, 2.75) is 33.2 Å². The monoisotopic (exact) mass is 259 g/mol. The van der Waals surface area contributed by atoms with E-state index in [1.807, 2.05) is 11.3 Å². The van der Waals surface area contributed by atoms with E-state index in [1.165, 1.54) is 20.9 Å². The maximum atomic E-state index is 3.54. The number of thiophene rings is 1. The van der Waals surface area contributed by atoms with Crippen molar-refractivity contribution in [2.24, 2.45) is 0 Å². The molecule has 0 spiro atoms. The molecule has 0 saturated heterocycles. The maximum absolute atomic E-state index is 3.54. The van der Waals surface area contributed by atoms with Crippen LogP contribution in [0.25, 0.3) is 10.4 Å². The summed E-state index contributed by atoms with van der Waals surface area (Å²) in [5.74, 6) is 0. The summed E-state index contributed by atoms with van der Waals surface area (Å²) in [5.41, 5.74) is 2.65. The van der Waals surface area contributed by atoms with Crippen LogP contribution in [0.15, 0.2) is 36.4 Å². The molecule has 0 amide bonds. The van der Waals surface area contributed by atoms with Gasteiger partial charge < -0.3 is 5.32 Å². The lowest BCUT2D eigenvalue weighted by atomic mass is 10.1. The summed E-state index contributed by atoms with van der Waals surface area (Å²) in [6.07, 6.45) is 1.14. The van der Waals surface area contributed by atoms with E-state index in [4.69, 9.17) is 0 Å². The minimum atomic E-state index is 0.499. The number of nitrogens with one attached hydrogen (secondary N) is 1. The van der Waals surface area contributed by atoms with Gasteiger partial charge in [0.05, 0.1) is 0 Å². The van der Waals surface area contributed by atoms with Crippen LogP contribution in [0.5, 0.6) is 0 Å². The molecule has 96 valence electrons. The number of hydrogen-bond donors (Lipinski definition) is 1. The lowest BCUT2D eigenvalue weighted by molar-refractivity contribution is 0.545. The van der Waals surface area contributed by atoms with Crippen LogP contribution < -0.4 is 5.32 Å². The van der Waals surface area contributed by atoms with Crippen LogP contribution in [0.1, 0.15) is 36.8 Å². The third-order valence-electron chi connectivity index (χ3n) is 3.13. The molecule has 2 rings (SSSR count). The first kappa shape index (κ1) is 13.3. The third kappa shape index (κ3) is 3.01. The zero-order valence-electron chi connectivity index (χ0n) is 11.4.